The number of hydrogen-bond donors (Lipinski definition) is 2. The molecule has 0 atom stereocenters. The van der Waals surface area contributed by atoms with Crippen molar-refractivity contribution >= 4 is 26.7 Å². The van der Waals surface area contributed by atoms with Gasteiger partial charge in [-0.3, -0.25) is 4.79 Å². The van der Waals surface area contributed by atoms with Gasteiger partial charge in [-0.2, -0.15) is 4.72 Å². The van der Waals surface area contributed by atoms with Gasteiger partial charge in [0.05, 0.1) is 18.0 Å². The zero-order valence-corrected chi connectivity index (χ0v) is 16.4. The van der Waals surface area contributed by atoms with Crippen LogP contribution in [0.15, 0.2) is 71.6 Å². The molecule has 3 rings (SSSR count). The fourth-order valence-electron chi connectivity index (χ4n) is 2.77. The Morgan fingerprint density at radius 2 is 1.79 bits per heavy atom. The maximum Gasteiger partial charge on any atom is 0.251 e. The van der Waals surface area contributed by atoms with Gasteiger partial charge >= 0.3 is 0 Å². The number of sulfonamides is 1. The zero-order valence-electron chi connectivity index (χ0n) is 15.6. The smallest absolute Gasteiger partial charge is 0.251 e. The maximum absolute atomic E-state index is 12.3. The molecule has 0 saturated carbocycles. The molecule has 0 aliphatic heterocycles. The third kappa shape index (κ3) is 5.13. The van der Waals surface area contributed by atoms with Crippen molar-refractivity contribution in [2.45, 2.75) is 4.90 Å². The monoisotopic (exact) mass is 408 g/mol. The minimum absolute atomic E-state index is 0.0209. The summed E-state index contributed by atoms with van der Waals surface area (Å²) in [6.45, 7) is 0.431. The molecule has 6 nitrogen and oxygen atoms in total. The van der Waals surface area contributed by atoms with Gasteiger partial charge in [-0.25, -0.2) is 8.42 Å². The number of hydrogen-bond acceptors (Lipinski definition) is 4. The molecule has 7 heteroatoms. The van der Waals surface area contributed by atoms with Gasteiger partial charge < -0.3 is 10.1 Å². The SMILES string of the molecule is C#CCNS(=O)(=O)c1cccc(C(=O)NCCOc2cccc3ccccc23)c1. The Morgan fingerprint density at radius 1 is 1.03 bits per heavy atom. The molecule has 3 aromatic carbocycles. The Labute approximate surface area is 169 Å². The van der Waals surface area contributed by atoms with Crippen molar-refractivity contribution in [1.29, 1.82) is 0 Å². The van der Waals surface area contributed by atoms with Crippen molar-refractivity contribution in [2.75, 3.05) is 19.7 Å². The molecule has 0 aliphatic rings. The molecule has 3 aromatic rings. The highest BCUT2D eigenvalue weighted by Gasteiger charge is 2.15. The van der Waals surface area contributed by atoms with E-state index in [-0.39, 0.29) is 36.1 Å². The van der Waals surface area contributed by atoms with Gasteiger partial charge in [-0.15, -0.1) is 6.42 Å². The topological polar surface area (TPSA) is 84.5 Å². The van der Waals surface area contributed by atoms with E-state index in [1.807, 2.05) is 42.5 Å². The van der Waals surface area contributed by atoms with Crippen LogP contribution in [-0.4, -0.2) is 34.0 Å². The van der Waals surface area contributed by atoms with Crippen molar-refractivity contribution in [3.8, 4) is 18.1 Å². The van der Waals surface area contributed by atoms with E-state index in [0.29, 0.717) is 0 Å². The van der Waals surface area contributed by atoms with Gasteiger partial charge in [0.1, 0.15) is 12.4 Å². The fourth-order valence-corrected chi connectivity index (χ4v) is 3.75. The van der Waals surface area contributed by atoms with Crippen LogP contribution in [0.2, 0.25) is 0 Å². The number of amides is 1. The minimum Gasteiger partial charge on any atom is -0.491 e. The molecule has 1 amide bonds. The van der Waals surface area contributed by atoms with Crippen LogP contribution in [0.4, 0.5) is 0 Å². The van der Waals surface area contributed by atoms with Crippen molar-refractivity contribution in [3.05, 3.63) is 72.3 Å². The highest BCUT2D eigenvalue weighted by atomic mass is 32.2. The first kappa shape index (κ1) is 20.4. The number of benzene rings is 3. The molecule has 0 saturated heterocycles. The van der Waals surface area contributed by atoms with Crippen LogP contribution >= 0.6 is 0 Å². The predicted octanol–water partition coefficient (Wildman–Crippen LogP) is 2.56. The van der Waals surface area contributed by atoms with E-state index in [1.165, 1.54) is 18.2 Å². The lowest BCUT2D eigenvalue weighted by molar-refractivity contribution is 0.0947. The number of ether oxygens (including phenoxy) is 1. The van der Waals surface area contributed by atoms with E-state index in [0.717, 1.165) is 16.5 Å². The van der Waals surface area contributed by atoms with Crippen LogP contribution in [0, 0.1) is 12.3 Å². The third-order valence-corrected chi connectivity index (χ3v) is 5.56. The molecule has 2 N–H and O–H groups in total. The summed E-state index contributed by atoms with van der Waals surface area (Å²) >= 11 is 0. The lowest BCUT2D eigenvalue weighted by Gasteiger charge is -2.11. The van der Waals surface area contributed by atoms with E-state index >= 15 is 0 Å². The Morgan fingerprint density at radius 3 is 2.62 bits per heavy atom. The van der Waals surface area contributed by atoms with E-state index in [4.69, 9.17) is 11.2 Å². The second-order valence-electron chi connectivity index (χ2n) is 6.14. The number of nitrogens with one attached hydrogen (secondary N) is 2. The van der Waals surface area contributed by atoms with E-state index in [1.54, 1.807) is 6.07 Å². The molecule has 0 fully saturated rings. The van der Waals surface area contributed by atoms with Crippen molar-refractivity contribution in [2.24, 2.45) is 0 Å². The first-order valence-corrected chi connectivity index (χ1v) is 10.4. The predicted molar refractivity (Wildman–Crippen MR) is 112 cm³/mol. The molecule has 0 aliphatic carbocycles. The molecule has 0 bridgehead atoms. The molecular weight excluding hydrogens is 388 g/mol. The number of carbonyl (C=O) groups is 1. The highest BCUT2D eigenvalue weighted by Crippen LogP contribution is 2.24. The minimum atomic E-state index is -3.76. The first-order valence-electron chi connectivity index (χ1n) is 8.93. The van der Waals surface area contributed by atoms with Crippen LogP contribution in [-0.2, 0) is 10.0 Å². The Kier molecular flexibility index (Phi) is 6.50. The van der Waals surface area contributed by atoms with Crippen molar-refractivity contribution in [1.82, 2.24) is 10.0 Å². The highest BCUT2D eigenvalue weighted by molar-refractivity contribution is 7.89. The molecule has 0 heterocycles. The average Bonchev–Trinajstić information content (AvgIpc) is 2.75. The van der Waals surface area contributed by atoms with E-state index in [9.17, 15) is 13.2 Å². The molecular formula is C22H20N2O4S. The summed E-state index contributed by atoms with van der Waals surface area (Å²) in [4.78, 5) is 12.3. The Balaban J connectivity index is 1.59. The van der Waals surface area contributed by atoms with Gasteiger partial charge in [-0.05, 0) is 29.7 Å². The van der Waals surface area contributed by atoms with Crippen LogP contribution in [0.5, 0.6) is 5.75 Å². The normalized spacial score (nSPS) is 11.0. The zero-order chi connectivity index (χ0) is 20.7. The van der Waals surface area contributed by atoms with Crippen molar-refractivity contribution in [3.63, 3.8) is 0 Å². The number of fused-ring (bicyclic) bond motifs is 1. The molecule has 0 aromatic heterocycles. The lowest BCUT2D eigenvalue weighted by atomic mass is 10.1. The van der Waals surface area contributed by atoms with Crippen LogP contribution in [0.25, 0.3) is 10.8 Å². The van der Waals surface area contributed by atoms with Gasteiger partial charge in [0.15, 0.2) is 0 Å². The maximum atomic E-state index is 12.3. The van der Waals surface area contributed by atoms with Gasteiger partial charge in [0.25, 0.3) is 5.91 Å². The molecule has 0 spiro atoms. The Bertz CT molecular complexity index is 1160. The first-order chi connectivity index (χ1) is 14.0. The molecule has 29 heavy (non-hydrogen) atoms. The van der Waals surface area contributed by atoms with Gasteiger partial charge in [0.2, 0.25) is 10.0 Å². The summed E-state index contributed by atoms with van der Waals surface area (Å²) in [5, 5.41) is 4.80. The molecule has 148 valence electrons. The number of terminal acetylenes is 1. The largest absolute Gasteiger partial charge is 0.491 e. The summed E-state index contributed by atoms with van der Waals surface area (Å²) in [6.07, 6.45) is 5.08. The van der Waals surface area contributed by atoms with Crippen LogP contribution in [0.1, 0.15) is 10.4 Å². The summed E-state index contributed by atoms with van der Waals surface area (Å²) in [6, 6.07) is 19.4. The fraction of sp³-hybridized carbons (Fsp3) is 0.136. The van der Waals surface area contributed by atoms with Crippen LogP contribution in [0.3, 0.4) is 0 Å². The lowest BCUT2D eigenvalue weighted by Crippen LogP contribution is -2.29. The Hall–Kier alpha value is -3.34. The third-order valence-electron chi connectivity index (χ3n) is 4.17. The molecule has 0 radical (unpaired) electrons. The molecule has 0 unspecified atom stereocenters. The standard InChI is InChI=1S/C22H20N2O4S/c1-2-13-24-29(26,27)19-10-5-9-18(16-19)22(25)23-14-15-28-21-12-6-8-17-7-3-4-11-20(17)21/h1,3-12,16,24H,13-15H2,(H,23,25). The number of carbonyl (C=O) groups excluding carboxylic acids is 1. The second-order valence-corrected chi connectivity index (χ2v) is 7.91. The van der Waals surface area contributed by atoms with E-state index in [2.05, 4.69) is 16.0 Å². The summed E-state index contributed by atoms with van der Waals surface area (Å²) in [7, 11) is -3.76. The summed E-state index contributed by atoms with van der Waals surface area (Å²) in [5.74, 6) is 2.56. The summed E-state index contributed by atoms with van der Waals surface area (Å²) in [5.41, 5.74) is 0.235. The van der Waals surface area contributed by atoms with Crippen molar-refractivity contribution < 1.29 is 17.9 Å². The van der Waals surface area contributed by atoms with Gasteiger partial charge in [-0.1, -0.05) is 48.4 Å². The quantitative estimate of drug-likeness (QED) is 0.443. The van der Waals surface area contributed by atoms with Gasteiger partial charge in [0, 0.05) is 10.9 Å². The van der Waals surface area contributed by atoms with E-state index < -0.39 is 10.0 Å². The summed E-state index contributed by atoms with van der Waals surface area (Å²) < 4.78 is 32.3. The second kappa shape index (κ2) is 9.24. The number of rotatable bonds is 8. The average molecular weight is 408 g/mol. The van der Waals surface area contributed by atoms with Crippen LogP contribution < -0.4 is 14.8 Å².